The topological polar surface area (TPSA) is 107 Å². The van der Waals surface area contributed by atoms with Crippen LogP contribution in [0.3, 0.4) is 0 Å². The average molecular weight is 498 g/mol. The first-order valence-electron chi connectivity index (χ1n) is 10.4. The van der Waals surface area contributed by atoms with E-state index in [2.05, 4.69) is 15.8 Å². The molecule has 0 aliphatic rings. The van der Waals surface area contributed by atoms with Gasteiger partial charge in [0.15, 0.2) is 11.5 Å². The number of amides is 2. The number of ether oxygens (including phenoxy) is 4. The van der Waals surface area contributed by atoms with Crippen molar-refractivity contribution in [3.05, 3.63) is 76.8 Å². The summed E-state index contributed by atoms with van der Waals surface area (Å²) in [6, 6.07) is 17.3. The molecule has 0 spiro atoms. The molecule has 0 radical (unpaired) electrons. The predicted molar refractivity (Wildman–Crippen MR) is 133 cm³/mol. The zero-order valence-corrected chi connectivity index (χ0v) is 20.1. The molecule has 0 bridgehead atoms. The number of rotatable bonds is 9. The van der Waals surface area contributed by atoms with Crippen molar-refractivity contribution < 1.29 is 28.5 Å². The Labute approximate surface area is 207 Å². The van der Waals surface area contributed by atoms with Crippen LogP contribution < -0.4 is 29.7 Å². The van der Waals surface area contributed by atoms with Crippen LogP contribution in [0.1, 0.15) is 11.1 Å². The van der Waals surface area contributed by atoms with Gasteiger partial charge in [0.05, 0.1) is 33.2 Å². The number of hydrogen-bond acceptors (Lipinski definition) is 7. The van der Waals surface area contributed by atoms with Gasteiger partial charge in [0.25, 0.3) is 0 Å². The van der Waals surface area contributed by atoms with Gasteiger partial charge in [-0.25, -0.2) is 5.43 Å². The molecule has 0 saturated carbocycles. The number of hydrazone groups is 1. The standard InChI is InChI=1S/C25H24ClN3O6/c1-32-18-9-11-21(33-2)20(13-18)28-24(30)25(31)29-27-14-16-8-10-22(23(12-16)34-3)35-15-17-6-4-5-7-19(17)26/h4-14H,15H2,1-3H3,(H,28,30)(H,29,31)/b27-14+. The van der Waals surface area contributed by atoms with E-state index in [1.54, 1.807) is 36.4 Å². The van der Waals surface area contributed by atoms with Crippen LogP contribution in [0.2, 0.25) is 5.02 Å². The first-order chi connectivity index (χ1) is 16.9. The van der Waals surface area contributed by atoms with Crippen LogP contribution in [-0.4, -0.2) is 39.4 Å². The molecule has 2 amide bonds. The van der Waals surface area contributed by atoms with Gasteiger partial charge in [-0.05, 0) is 42.0 Å². The number of nitrogens with one attached hydrogen (secondary N) is 2. The Morgan fingerprint density at radius 2 is 1.63 bits per heavy atom. The van der Waals surface area contributed by atoms with Crippen molar-refractivity contribution in [3.63, 3.8) is 0 Å². The van der Waals surface area contributed by atoms with E-state index in [0.717, 1.165) is 5.56 Å². The monoisotopic (exact) mass is 497 g/mol. The van der Waals surface area contributed by atoms with Crippen molar-refractivity contribution in [3.8, 4) is 23.0 Å². The van der Waals surface area contributed by atoms with E-state index in [-0.39, 0.29) is 12.3 Å². The molecule has 10 heteroatoms. The molecule has 0 aliphatic heterocycles. The van der Waals surface area contributed by atoms with E-state index >= 15 is 0 Å². The molecule has 0 aromatic heterocycles. The molecule has 182 valence electrons. The van der Waals surface area contributed by atoms with Crippen LogP contribution in [0.5, 0.6) is 23.0 Å². The maximum Gasteiger partial charge on any atom is 0.329 e. The number of halogens is 1. The highest BCUT2D eigenvalue weighted by Crippen LogP contribution is 2.30. The molecule has 0 heterocycles. The fraction of sp³-hybridized carbons (Fsp3) is 0.160. The maximum atomic E-state index is 12.2. The van der Waals surface area contributed by atoms with Crippen LogP contribution in [0.15, 0.2) is 65.8 Å². The highest BCUT2D eigenvalue weighted by molar-refractivity contribution is 6.39. The number of hydrogen-bond donors (Lipinski definition) is 2. The molecule has 0 unspecified atom stereocenters. The molecule has 3 rings (SSSR count). The third-order valence-corrected chi connectivity index (χ3v) is 5.14. The normalized spacial score (nSPS) is 10.5. The second-order valence-corrected chi connectivity index (χ2v) is 7.42. The summed E-state index contributed by atoms with van der Waals surface area (Å²) in [4.78, 5) is 24.4. The molecule has 3 aromatic carbocycles. The van der Waals surface area contributed by atoms with E-state index in [4.69, 9.17) is 30.5 Å². The summed E-state index contributed by atoms with van der Waals surface area (Å²) < 4.78 is 21.5. The van der Waals surface area contributed by atoms with Crippen LogP contribution in [0, 0.1) is 0 Å². The number of nitrogens with zero attached hydrogens (tertiary/aromatic N) is 1. The number of carbonyl (C=O) groups is 2. The van der Waals surface area contributed by atoms with Crippen molar-refractivity contribution >= 4 is 35.3 Å². The van der Waals surface area contributed by atoms with Crippen LogP contribution in [0.4, 0.5) is 5.69 Å². The van der Waals surface area contributed by atoms with Crippen molar-refractivity contribution in [2.45, 2.75) is 6.61 Å². The summed E-state index contributed by atoms with van der Waals surface area (Å²) >= 11 is 6.16. The lowest BCUT2D eigenvalue weighted by Gasteiger charge is -2.12. The van der Waals surface area contributed by atoms with E-state index < -0.39 is 11.8 Å². The number of benzene rings is 3. The van der Waals surface area contributed by atoms with Gasteiger partial charge in [0, 0.05) is 16.7 Å². The Kier molecular flexibility index (Phi) is 8.91. The quantitative estimate of drug-likeness (QED) is 0.262. The minimum Gasteiger partial charge on any atom is -0.497 e. The minimum absolute atomic E-state index is 0.271. The van der Waals surface area contributed by atoms with Gasteiger partial charge in [0.1, 0.15) is 18.1 Å². The van der Waals surface area contributed by atoms with Crippen LogP contribution in [0.25, 0.3) is 0 Å². The number of anilines is 1. The molecular formula is C25H24ClN3O6. The molecule has 9 nitrogen and oxygen atoms in total. The molecule has 0 aliphatic carbocycles. The highest BCUT2D eigenvalue weighted by Gasteiger charge is 2.16. The van der Waals surface area contributed by atoms with Gasteiger partial charge >= 0.3 is 11.8 Å². The van der Waals surface area contributed by atoms with Crippen molar-refractivity contribution in [1.29, 1.82) is 0 Å². The number of methoxy groups -OCH3 is 3. The van der Waals surface area contributed by atoms with E-state index in [0.29, 0.717) is 33.6 Å². The van der Waals surface area contributed by atoms with Crippen molar-refractivity contribution in [2.24, 2.45) is 5.10 Å². The Morgan fingerprint density at radius 1 is 0.886 bits per heavy atom. The summed E-state index contributed by atoms with van der Waals surface area (Å²) in [5, 5.41) is 6.91. The Morgan fingerprint density at radius 3 is 2.34 bits per heavy atom. The molecule has 0 saturated heterocycles. The van der Waals surface area contributed by atoms with E-state index in [9.17, 15) is 9.59 Å². The second kappa shape index (κ2) is 12.3. The zero-order valence-electron chi connectivity index (χ0n) is 19.3. The van der Waals surface area contributed by atoms with Gasteiger partial charge in [-0.2, -0.15) is 5.10 Å². The third kappa shape index (κ3) is 6.87. The summed E-state index contributed by atoms with van der Waals surface area (Å²) in [7, 11) is 4.45. The van der Waals surface area contributed by atoms with Crippen LogP contribution in [-0.2, 0) is 16.2 Å². The number of carbonyl (C=O) groups excluding carboxylic acids is 2. The summed E-state index contributed by atoms with van der Waals surface area (Å²) in [5.41, 5.74) is 3.92. The minimum atomic E-state index is -0.960. The maximum absolute atomic E-state index is 12.2. The van der Waals surface area contributed by atoms with E-state index in [1.165, 1.54) is 33.6 Å². The molecule has 2 N–H and O–H groups in total. The van der Waals surface area contributed by atoms with Gasteiger partial charge < -0.3 is 24.3 Å². The molecule has 0 atom stereocenters. The lowest BCUT2D eigenvalue weighted by atomic mass is 10.2. The largest absolute Gasteiger partial charge is 0.497 e. The highest BCUT2D eigenvalue weighted by atomic mass is 35.5. The second-order valence-electron chi connectivity index (χ2n) is 7.01. The molecule has 3 aromatic rings. The summed E-state index contributed by atoms with van der Waals surface area (Å²) in [6.45, 7) is 0.271. The lowest BCUT2D eigenvalue weighted by Crippen LogP contribution is -2.32. The van der Waals surface area contributed by atoms with Gasteiger partial charge in [-0.1, -0.05) is 29.8 Å². The van der Waals surface area contributed by atoms with Gasteiger partial charge in [-0.3, -0.25) is 9.59 Å². The summed E-state index contributed by atoms with van der Waals surface area (Å²) in [6.07, 6.45) is 1.37. The fourth-order valence-corrected chi connectivity index (χ4v) is 3.15. The predicted octanol–water partition coefficient (Wildman–Crippen LogP) is 4.03. The smallest absolute Gasteiger partial charge is 0.329 e. The molecular weight excluding hydrogens is 474 g/mol. The average Bonchev–Trinajstić information content (AvgIpc) is 2.88. The van der Waals surface area contributed by atoms with Crippen molar-refractivity contribution in [2.75, 3.05) is 26.6 Å². The van der Waals surface area contributed by atoms with Gasteiger partial charge in [0.2, 0.25) is 0 Å². The molecule has 35 heavy (non-hydrogen) atoms. The summed E-state index contributed by atoms with van der Waals surface area (Å²) in [5.74, 6) is -0.0324. The third-order valence-electron chi connectivity index (χ3n) is 4.77. The lowest BCUT2D eigenvalue weighted by molar-refractivity contribution is -0.136. The zero-order chi connectivity index (χ0) is 25.2. The molecule has 0 fully saturated rings. The Hall–Kier alpha value is -4.24. The van der Waals surface area contributed by atoms with E-state index in [1.807, 2.05) is 18.2 Å². The first-order valence-corrected chi connectivity index (χ1v) is 10.7. The Bertz CT molecular complexity index is 1230. The van der Waals surface area contributed by atoms with Crippen molar-refractivity contribution in [1.82, 2.24) is 5.43 Å². The SMILES string of the molecule is COc1ccc(OC)c(NC(=O)C(=O)N/N=C/c2ccc(OCc3ccccc3Cl)c(OC)c2)c1. The Balaban J connectivity index is 1.60. The first kappa shape index (κ1) is 25.4. The van der Waals surface area contributed by atoms with Gasteiger partial charge in [-0.15, -0.1) is 0 Å². The van der Waals surface area contributed by atoms with Crippen LogP contribution >= 0.6 is 11.6 Å². The fourth-order valence-electron chi connectivity index (χ4n) is 2.96.